The Hall–Kier alpha value is -3.41. The van der Waals surface area contributed by atoms with Gasteiger partial charge in [0, 0.05) is 26.2 Å². The van der Waals surface area contributed by atoms with E-state index in [2.05, 4.69) is 29.4 Å². The van der Waals surface area contributed by atoms with Crippen LogP contribution in [0, 0.1) is 11.8 Å². The minimum Gasteiger partial charge on any atom is -0.490 e. The molecule has 2 fully saturated rings. The largest absolute Gasteiger partial charge is 0.490 e. The Balaban J connectivity index is 1.20. The molecule has 1 amide bonds. The van der Waals surface area contributed by atoms with Crippen molar-refractivity contribution >= 4 is 11.8 Å². The smallest absolute Gasteiger partial charge is 0.344 e. The summed E-state index contributed by atoms with van der Waals surface area (Å²) in [6.45, 7) is 2.87. The number of nitrogens with zero attached hydrogens (tertiary/aromatic N) is 3. The van der Waals surface area contributed by atoms with Crippen molar-refractivity contribution < 1.29 is 14.3 Å². The van der Waals surface area contributed by atoms with Crippen LogP contribution in [-0.2, 0) is 0 Å². The zero-order valence-corrected chi connectivity index (χ0v) is 17.5. The average Bonchev–Trinajstić information content (AvgIpc) is 3.49. The molecule has 1 aromatic heterocycles. The van der Waals surface area contributed by atoms with E-state index in [4.69, 9.17) is 4.74 Å². The summed E-state index contributed by atoms with van der Waals surface area (Å²) in [4.78, 5) is 26.0. The molecule has 0 N–H and O–H groups in total. The molecule has 3 aromatic rings. The molecule has 5 rings (SSSR count). The molecular weight excluding hydrogens is 390 g/mol. The maximum absolute atomic E-state index is 12.7. The molecule has 3 atom stereocenters. The molecule has 6 heteroatoms. The Morgan fingerprint density at radius 2 is 1.65 bits per heavy atom. The van der Waals surface area contributed by atoms with E-state index in [1.165, 1.54) is 17.2 Å². The average molecular weight is 415 g/mol. The van der Waals surface area contributed by atoms with Crippen LogP contribution >= 0.6 is 0 Å². The van der Waals surface area contributed by atoms with E-state index >= 15 is 0 Å². The third kappa shape index (κ3) is 3.98. The molecule has 1 saturated heterocycles. The lowest BCUT2D eigenvalue weighted by Gasteiger charge is -2.20. The number of hydrogen-bond donors (Lipinski definition) is 0. The summed E-state index contributed by atoms with van der Waals surface area (Å²) in [5, 5.41) is 4.10. The predicted molar refractivity (Wildman–Crippen MR) is 117 cm³/mol. The molecule has 2 heterocycles. The molecule has 6 nitrogen and oxygen atoms in total. The number of ether oxygens (including phenoxy) is 1. The minimum atomic E-state index is -0.157. The molecule has 1 unspecified atom stereocenters. The Kier molecular flexibility index (Phi) is 5.06. The van der Waals surface area contributed by atoms with Crippen molar-refractivity contribution in [1.29, 1.82) is 0 Å². The highest BCUT2D eigenvalue weighted by atomic mass is 16.5. The Bertz CT molecular complexity index is 1090. The molecule has 1 aliphatic carbocycles. The normalized spacial score (nSPS) is 22.4. The summed E-state index contributed by atoms with van der Waals surface area (Å²) in [6, 6.07) is 20.0. The number of likely N-dealkylation sites (tertiary alicyclic amines) is 1. The van der Waals surface area contributed by atoms with Gasteiger partial charge in [0.2, 0.25) is 0 Å². The summed E-state index contributed by atoms with van der Waals surface area (Å²) in [5.74, 6) is 1.64. The van der Waals surface area contributed by atoms with Gasteiger partial charge in [0.25, 0.3) is 0 Å². The van der Waals surface area contributed by atoms with Crippen LogP contribution in [0.5, 0.6) is 5.75 Å². The molecule has 2 aliphatic rings. The van der Waals surface area contributed by atoms with E-state index in [9.17, 15) is 9.59 Å². The fraction of sp³-hybridized carbons (Fsp3) is 0.320. The van der Waals surface area contributed by atoms with E-state index in [1.807, 2.05) is 35.2 Å². The van der Waals surface area contributed by atoms with Gasteiger partial charge in [-0.15, -0.1) is 0 Å². The van der Waals surface area contributed by atoms with Crippen LogP contribution in [0.2, 0.25) is 0 Å². The molecular formula is C25H25N3O3. The molecule has 1 saturated carbocycles. The van der Waals surface area contributed by atoms with Crippen molar-refractivity contribution in [3.63, 3.8) is 0 Å². The first kappa shape index (κ1) is 19.5. The predicted octanol–water partition coefficient (Wildman–Crippen LogP) is 4.51. The Morgan fingerprint density at radius 3 is 2.32 bits per heavy atom. The number of amides is 1. The standard InChI is InChI=1S/C25H25N3O3/c1-17(29)24-10-11-28(26-24)25(30)27-15-20-13-23(14-21(20)16-27)31-22-9-5-8-19(12-22)18-6-3-2-4-7-18/h2-12,20-21,23H,13-16H2,1H3/t20-,21+,23?. The summed E-state index contributed by atoms with van der Waals surface area (Å²) >= 11 is 0. The lowest BCUT2D eigenvalue weighted by molar-refractivity contribution is 0.101. The van der Waals surface area contributed by atoms with Crippen molar-refractivity contribution in [3.05, 3.63) is 72.6 Å². The van der Waals surface area contributed by atoms with Gasteiger partial charge in [0.15, 0.2) is 5.78 Å². The summed E-state index contributed by atoms with van der Waals surface area (Å²) in [7, 11) is 0. The van der Waals surface area contributed by atoms with Crippen molar-refractivity contribution in [2.24, 2.45) is 11.8 Å². The molecule has 0 spiro atoms. The second-order valence-electron chi connectivity index (χ2n) is 8.51. The number of carbonyl (C=O) groups excluding carboxylic acids is 2. The molecule has 1 aliphatic heterocycles. The number of benzene rings is 2. The van der Waals surface area contributed by atoms with Gasteiger partial charge in [-0.05, 0) is 54.0 Å². The van der Waals surface area contributed by atoms with Gasteiger partial charge in [-0.25, -0.2) is 4.79 Å². The first-order chi connectivity index (χ1) is 15.1. The van der Waals surface area contributed by atoms with E-state index < -0.39 is 0 Å². The lowest BCUT2D eigenvalue weighted by Crippen LogP contribution is -2.34. The van der Waals surface area contributed by atoms with Gasteiger partial charge in [-0.3, -0.25) is 4.79 Å². The fourth-order valence-electron chi connectivity index (χ4n) is 4.83. The van der Waals surface area contributed by atoms with Gasteiger partial charge >= 0.3 is 6.03 Å². The van der Waals surface area contributed by atoms with E-state index in [0.29, 0.717) is 30.6 Å². The molecule has 158 valence electrons. The van der Waals surface area contributed by atoms with Gasteiger partial charge in [-0.2, -0.15) is 9.78 Å². The maximum atomic E-state index is 12.7. The van der Waals surface area contributed by atoms with Crippen LogP contribution in [-0.4, -0.2) is 45.7 Å². The van der Waals surface area contributed by atoms with Crippen LogP contribution in [0.1, 0.15) is 30.3 Å². The highest BCUT2D eigenvalue weighted by molar-refractivity contribution is 5.92. The number of ketones is 1. The maximum Gasteiger partial charge on any atom is 0.344 e. The quantitative estimate of drug-likeness (QED) is 0.588. The second-order valence-corrected chi connectivity index (χ2v) is 8.51. The first-order valence-electron chi connectivity index (χ1n) is 10.7. The number of rotatable bonds is 4. The highest BCUT2D eigenvalue weighted by Crippen LogP contribution is 2.40. The van der Waals surface area contributed by atoms with Gasteiger partial charge < -0.3 is 9.64 Å². The summed E-state index contributed by atoms with van der Waals surface area (Å²) < 4.78 is 7.60. The highest BCUT2D eigenvalue weighted by Gasteiger charge is 2.43. The monoisotopic (exact) mass is 415 g/mol. The van der Waals surface area contributed by atoms with Gasteiger partial charge in [-0.1, -0.05) is 42.5 Å². The Labute approximate surface area is 181 Å². The summed E-state index contributed by atoms with van der Waals surface area (Å²) in [5.41, 5.74) is 2.65. The third-order valence-corrected chi connectivity index (χ3v) is 6.37. The number of hydrogen-bond acceptors (Lipinski definition) is 4. The van der Waals surface area contributed by atoms with Crippen LogP contribution in [0.4, 0.5) is 4.79 Å². The van der Waals surface area contributed by atoms with Crippen molar-refractivity contribution in [3.8, 4) is 16.9 Å². The molecule has 0 bridgehead atoms. The zero-order valence-electron chi connectivity index (χ0n) is 17.5. The topological polar surface area (TPSA) is 64.4 Å². The fourth-order valence-corrected chi connectivity index (χ4v) is 4.83. The van der Waals surface area contributed by atoms with Gasteiger partial charge in [0.1, 0.15) is 11.4 Å². The Morgan fingerprint density at radius 1 is 0.935 bits per heavy atom. The van der Waals surface area contributed by atoms with Gasteiger partial charge in [0.05, 0.1) is 6.10 Å². The van der Waals surface area contributed by atoms with Crippen molar-refractivity contribution in [2.75, 3.05) is 13.1 Å². The van der Waals surface area contributed by atoms with Crippen LogP contribution < -0.4 is 4.74 Å². The van der Waals surface area contributed by atoms with Crippen LogP contribution in [0.25, 0.3) is 11.1 Å². The zero-order chi connectivity index (χ0) is 21.4. The second kappa shape index (κ2) is 8.02. The third-order valence-electron chi connectivity index (χ3n) is 6.37. The molecule has 0 radical (unpaired) electrons. The SMILES string of the molecule is CC(=O)c1ccn(C(=O)N2C[C@H]3CC(Oc4cccc(-c5ccccc5)c4)C[C@H]3C2)n1. The number of Topliss-reactive ketones (excluding diaryl/α,β-unsaturated/α-hetero) is 1. The molecule has 31 heavy (non-hydrogen) atoms. The molecule has 2 aromatic carbocycles. The van der Waals surface area contributed by atoms with Crippen LogP contribution in [0.3, 0.4) is 0 Å². The number of aromatic nitrogens is 2. The summed E-state index contributed by atoms with van der Waals surface area (Å²) in [6.07, 6.45) is 3.63. The lowest BCUT2D eigenvalue weighted by atomic mass is 10.0. The minimum absolute atomic E-state index is 0.138. The first-order valence-corrected chi connectivity index (χ1v) is 10.7. The van der Waals surface area contributed by atoms with Crippen LogP contribution in [0.15, 0.2) is 66.9 Å². The van der Waals surface area contributed by atoms with E-state index in [0.717, 1.165) is 24.2 Å². The van der Waals surface area contributed by atoms with E-state index in [1.54, 1.807) is 12.3 Å². The van der Waals surface area contributed by atoms with Crippen molar-refractivity contribution in [2.45, 2.75) is 25.9 Å². The number of fused-ring (bicyclic) bond motifs is 1. The van der Waals surface area contributed by atoms with E-state index in [-0.39, 0.29) is 17.9 Å². The van der Waals surface area contributed by atoms with Crippen molar-refractivity contribution in [1.82, 2.24) is 14.7 Å². The number of carbonyl (C=O) groups is 2.